The van der Waals surface area contributed by atoms with E-state index in [9.17, 15) is 55.2 Å². The summed E-state index contributed by atoms with van der Waals surface area (Å²) < 4.78 is 23.8. The highest BCUT2D eigenvalue weighted by atomic mass is 19.1. The Hall–Kier alpha value is -2.14. The standard InChI is InChI=1S/C33H48FNO12/c1-15-7-20-19-6-5-18-8-21(39)17(9-29(18,3)32(19,34)24(42)12-30(20,4)33(15,46)25(43)14-37)10-31(45)11-22(40)26(35-16(2)38)28(47-31)27(44)23(41)13-36/h8-9,15,19-20,22-24,26-28,36-37,40-42,44-46H,5-7,10-14H2,1-4H3,(H,35,38)/t15-,19+,20+,22+,23-,24+,26-,27-,28-,29+,30+,31-,32+,33+/m1/s1. The van der Waals surface area contributed by atoms with Gasteiger partial charge in [0.25, 0.3) is 0 Å². The first-order valence-electron chi connectivity index (χ1n) is 16.3. The van der Waals surface area contributed by atoms with Gasteiger partial charge >= 0.3 is 0 Å². The van der Waals surface area contributed by atoms with Crippen molar-refractivity contribution in [2.24, 2.45) is 28.6 Å². The Bertz CT molecular complexity index is 1370. The van der Waals surface area contributed by atoms with Crippen LogP contribution in [0.1, 0.15) is 66.2 Å². The normalized spacial score (nSPS) is 47.5. The van der Waals surface area contributed by atoms with E-state index >= 15 is 4.39 Å². The number of hydrogen-bond acceptors (Lipinski definition) is 12. The van der Waals surface area contributed by atoms with E-state index in [2.05, 4.69) is 5.32 Å². The number of carbonyl (C=O) groups is 3. The van der Waals surface area contributed by atoms with Crippen molar-refractivity contribution >= 4 is 17.5 Å². The number of halogens is 1. The van der Waals surface area contributed by atoms with Gasteiger partial charge in [-0.15, -0.1) is 0 Å². The maximum absolute atomic E-state index is 18.0. The summed E-state index contributed by atoms with van der Waals surface area (Å²) in [5.41, 5.74) is -6.80. The number of hydrogen-bond donors (Lipinski definition) is 9. The molecule has 5 rings (SSSR count). The molecule has 0 unspecified atom stereocenters. The summed E-state index contributed by atoms with van der Waals surface area (Å²) in [7, 11) is 0. The Morgan fingerprint density at radius 1 is 1.13 bits per heavy atom. The van der Waals surface area contributed by atoms with Gasteiger partial charge in [0.15, 0.2) is 23.0 Å². The van der Waals surface area contributed by atoms with Crippen LogP contribution in [0.4, 0.5) is 4.39 Å². The Kier molecular flexibility index (Phi) is 9.25. The van der Waals surface area contributed by atoms with Crippen LogP contribution < -0.4 is 5.32 Å². The van der Waals surface area contributed by atoms with Crippen molar-refractivity contribution in [1.82, 2.24) is 5.32 Å². The van der Waals surface area contributed by atoms with E-state index in [-0.39, 0.29) is 31.3 Å². The zero-order valence-electron chi connectivity index (χ0n) is 27.1. The quantitative estimate of drug-likeness (QED) is 0.147. The van der Waals surface area contributed by atoms with E-state index in [0.29, 0.717) is 5.57 Å². The molecule has 14 heteroatoms. The molecule has 0 aromatic rings. The summed E-state index contributed by atoms with van der Waals surface area (Å²) in [4.78, 5) is 38.2. The van der Waals surface area contributed by atoms with E-state index in [1.54, 1.807) is 20.8 Å². The molecule has 0 aromatic carbocycles. The Balaban J connectivity index is 1.50. The average Bonchev–Trinajstić information content (AvgIpc) is 3.19. The van der Waals surface area contributed by atoms with Gasteiger partial charge in [-0.3, -0.25) is 14.4 Å². The molecule has 1 heterocycles. The third-order valence-electron chi connectivity index (χ3n) is 12.4. The second kappa shape index (κ2) is 12.0. The zero-order chi connectivity index (χ0) is 35.1. The van der Waals surface area contributed by atoms with Gasteiger partial charge in [0.05, 0.1) is 24.9 Å². The highest BCUT2D eigenvalue weighted by molar-refractivity contribution is 6.06. The summed E-state index contributed by atoms with van der Waals surface area (Å²) in [5, 5.41) is 88.2. The molecular weight excluding hydrogens is 621 g/mol. The van der Waals surface area contributed by atoms with Gasteiger partial charge in [-0.2, -0.15) is 0 Å². The van der Waals surface area contributed by atoms with Crippen LogP contribution in [-0.4, -0.2) is 125 Å². The SMILES string of the molecule is CC(=O)N[C@H]1[C@H]([C@H](O)[C@H](O)CO)O[C@](O)(CC2=C[C@@]3(C)C(=CC2=O)CC[C@H]2[C@@H]4C[C@@H](C)[C@](O)(C(=O)CO)[C@@]4(C)C[C@H](O)[C@@]23F)C[C@@H]1O. The number of ether oxygens (including phenoxy) is 1. The Morgan fingerprint density at radius 2 is 1.79 bits per heavy atom. The van der Waals surface area contributed by atoms with Crippen molar-refractivity contribution in [3.63, 3.8) is 0 Å². The van der Waals surface area contributed by atoms with E-state index in [1.807, 2.05) is 0 Å². The third kappa shape index (κ3) is 5.18. The van der Waals surface area contributed by atoms with Gasteiger partial charge < -0.3 is 50.9 Å². The first kappa shape index (κ1) is 36.1. The molecule has 0 aromatic heterocycles. The molecule has 13 nitrogen and oxygen atoms in total. The third-order valence-corrected chi connectivity index (χ3v) is 12.4. The van der Waals surface area contributed by atoms with Crippen LogP contribution >= 0.6 is 0 Å². The molecule has 1 saturated heterocycles. The molecule has 0 spiro atoms. The monoisotopic (exact) mass is 669 g/mol. The van der Waals surface area contributed by atoms with Crippen molar-refractivity contribution < 1.29 is 64.4 Å². The lowest BCUT2D eigenvalue weighted by atomic mass is 9.44. The summed E-state index contributed by atoms with van der Waals surface area (Å²) in [5.74, 6) is -6.30. The molecule has 0 radical (unpaired) electrons. The van der Waals surface area contributed by atoms with Crippen LogP contribution in [0, 0.1) is 28.6 Å². The molecule has 1 amide bonds. The van der Waals surface area contributed by atoms with Crippen LogP contribution in [0.2, 0.25) is 0 Å². The van der Waals surface area contributed by atoms with Crippen LogP contribution in [0.5, 0.6) is 0 Å². The van der Waals surface area contributed by atoms with Crippen molar-refractivity contribution in [1.29, 1.82) is 0 Å². The van der Waals surface area contributed by atoms with Gasteiger partial charge in [-0.25, -0.2) is 4.39 Å². The lowest BCUT2D eigenvalue weighted by Gasteiger charge is -2.62. The van der Waals surface area contributed by atoms with Crippen molar-refractivity contribution in [2.45, 2.75) is 120 Å². The summed E-state index contributed by atoms with van der Waals surface area (Å²) >= 11 is 0. The van der Waals surface area contributed by atoms with Gasteiger partial charge in [-0.1, -0.05) is 25.5 Å². The topological polar surface area (TPSA) is 234 Å². The number of alkyl halides is 1. The molecule has 3 saturated carbocycles. The number of rotatable bonds is 8. The van der Waals surface area contributed by atoms with Gasteiger partial charge in [0.2, 0.25) is 5.91 Å². The van der Waals surface area contributed by atoms with E-state index in [0.717, 1.165) is 6.92 Å². The Morgan fingerprint density at radius 3 is 2.38 bits per heavy atom. The molecule has 4 aliphatic carbocycles. The minimum atomic E-state index is -2.36. The predicted molar refractivity (Wildman–Crippen MR) is 161 cm³/mol. The average molecular weight is 670 g/mol. The zero-order valence-corrected chi connectivity index (χ0v) is 27.1. The first-order chi connectivity index (χ1) is 21.7. The minimum Gasteiger partial charge on any atom is -0.394 e. The van der Waals surface area contributed by atoms with Crippen molar-refractivity contribution in [3.8, 4) is 0 Å². The fourth-order valence-electron chi connectivity index (χ4n) is 10.1. The van der Waals surface area contributed by atoms with Crippen molar-refractivity contribution in [3.05, 3.63) is 23.3 Å². The van der Waals surface area contributed by atoms with Gasteiger partial charge in [-0.05, 0) is 50.5 Å². The maximum atomic E-state index is 18.0. The van der Waals surface area contributed by atoms with E-state index in [4.69, 9.17) is 4.74 Å². The number of nitrogens with one attached hydrogen (secondary N) is 1. The number of Topliss-reactive ketones (excluding diaryl/α,β-unsaturated/α-hetero) is 1. The molecule has 264 valence electrons. The molecule has 4 fully saturated rings. The number of fused-ring (bicyclic) bond motifs is 5. The second-order valence-corrected chi connectivity index (χ2v) is 15.0. The number of aliphatic hydroxyl groups is 8. The number of carbonyl (C=O) groups excluding carboxylic acids is 3. The van der Waals surface area contributed by atoms with Crippen LogP contribution in [0.15, 0.2) is 23.3 Å². The van der Waals surface area contributed by atoms with E-state index in [1.165, 1.54) is 12.2 Å². The molecule has 47 heavy (non-hydrogen) atoms. The Labute approximate surface area is 272 Å². The molecule has 5 aliphatic rings. The number of amides is 1. The highest BCUT2D eigenvalue weighted by Gasteiger charge is 2.75. The van der Waals surface area contributed by atoms with E-state index < -0.39 is 126 Å². The fourth-order valence-corrected chi connectivity index (χ4v) is 10.1. The largest absolute Gasteiger partial charge is 0.394 e. The van der Waals surface area contributed by atoms with Crippen molar-refractivity contribution in [2.75, 3.05) is 13.2 Å². The van der Waals surface area contributed by atoms with Crippen LogP contribution in [0.3, 0.4) is 0 Å². The summed E-state index contributed by atoms with van der Waals surface area (Å²) in [6, 6.07) is -1.30. The minimum absolute atomic E-state index is 0.0927. The highest BCUT2D eigenvalue weighted by Crippen LogP contribution is 2.71. The predicted octanol–water partition coefficient (Wildman–Crippen LogP) is -1.29. The molecule has 14 atom stereocenters. The molecular formula is C33H48FNO12. The number of ketones is 2. The smallest absolute Gasteiger partial charge is 0.217 e. The lowest BCUT2D eigenvalue weighted by molar-refractivity contribution is -0.300. The maximum Gasteiger partial charge on any atom is 0.217 e. The summed E-state index contributed by atoms with van der Waals surface area (Å²) in [6.07, 6.45) is -6.45. The number of allylic oxidation sites excluding steroid dienone is 3. The molecule has 1 aliphatic heterocycles. The fraction of sp³-hybridized carbons (Fsp3) is 0.788. The van der Waals surface area contributed by atoms with Gasteiger partial charge in [0, 0.05) is 42.1 Å². The van der Waals surface area contributed by atoms with Gasteiger partial charge in [0.1, 0.15) is 30.5 Å². The first-order valence-corrected chi connectivity index (χ1v) is 16.3. The lowest BCUT2D eigenvalue weighted by Crippen LogP contribution is -2.69. The summed E-state index contributed by atoms with van der Waals surface area (Å²) in [6.45, 7) is 4.25. The van der Waals surface area contributed by atoms with Crippen LogP contribution in [0.25, 0.3) is 0 Å². The van der Waals surface area contributed by atoms with Crippen LogP contribution in [-0.2, 0) is 19.1 Å². The second-order valence-electron chi connectivity index (χ2n) is 15.0. The molecule has 0 bridgehead atoms. The number of aliphatic hydroxyl groups excluding tert-OH is 6. The molecule has 9 N–H and O–H groups in total.